The van der Waals surface area contributed by atoms with Crippen LogP contribution in [0.1, 0.15) is 18.9 Å². The Balaban J connectivity index is 1.56. The molecular formula is C25H28ClN3O3S. The molecule has 0 saturated carbocycles. The molecule has 4 rings (SSSR count). The van der Waals surface area contributed by atoms with Crippen molar-refractivity contribution in [3.8, 4) is 5.75 Å². The summed E-state index contributed by atoms with van der Waals surface area (Å²) >= 11 is 7.76. The fourth-order valence-corrected chi connectivity index (χ4v) is 4.95. The molecule has 33 heavy (non-hydrogen) atoms. The zero-order valence-corrected chi connectivity index (χ0v) is 20.3. The fraction of sp³-hybridized carbons (Fsp3) is 0.360. The summed E-state index contributed by atoms with van der Waals surface area (Å²) in [7, 11) is 0. The van der Waals surface area contributed by atoms with Crippen LogP contribution in [0.15, 0.2) is 48.5 Å². The van der Waals surface area contributed by atoms with E-state index in [-0.39, 0.29) is 5.91 Å². The van der Waals surface area contributed by atoms with E-state index in [4.69, 9.17) is 26.1 Å². The summed E-state index contributed by atoms with van der Waals surface area (Å²) in [5.74, 6) is 0.624. The second-order valence-corrected chi connectivity index (χ2v) is 9.10. The van der Waals surface area contributed by atoms with Crippen LogP contribution >= 0.6 is 22.9 Å². The summed E-state index contributed by atoms with van der Waals surface area (Å²) in [4.78, 5) is 22.2. The minimum atomic E-state index is -0.117. The topological polar surface area (TPSA) is 54.9 Å². The molecule has 0 unspecified atom stereocenters. The van der Waals surface area contributed by atoms with Gasteiger partial charge in [-0.1, -0.05) is 47.2 Å². The molecule has 1 aliphatic rings. The third-order valence-electron chi connectivity index (χ3n) is 5.44. The Morgan fingerprint density at radius 3 is 2.85 bits per heavy atom. The van der Waals surface area contributed by atoms with Crippen molar-refractivity contribution >= 4 is 50.3 Å². The molecule has 2 aromatic carbocycles. The molecule has 1 aliphatic heterocycles. The number of benzene rings is 2. The maximum absolute atomic E-state index is 13.3. The van der Waals surface area contributed by atoms with Crippen LogP contribution < -0.4 is 9.64 Å². The summed E-state index contributed by atoms with van der Waals surface area (Å²) in [6.45, 7) is 7.39. The summed E-state index contributed by atoms with van der Waals surface area (Å²) in [6, 6.07) is 13.4. The van der Waals surface area contributed by atoms with Crippen molar-refractivity contribution in [1.29, 1.82) is 0 Å². The molecule has 2 heterocycles. The largest absolute Gasteiger partial charge is 0.492 e. The van der Waals surface area contributed by atoms with E-state index in [0.29, 0.717) is 23.3 Å². The van der Waals surface area contributed by atoms with E-state index in [1.807, 2.05) is 49.4 Å². The lowest BCUT2D eigenvalue weighted by Gasteiger charge is -2.27. The van der Waals surface area contributed by atoms with Crippen molar-refractivity contribution < 1.29 is 14.3 Å². The molecule has 3 aromatic rings. The Bertz CT molecular complexity index is 1110. The van der Waals surface area contributed by atoms with Gasteiger partial charge >= 0.3 is 0 Å². The zero-order valence-electron chi connectivity index (χ0n) is 18.7. The minimum absolute atomic E-state index is 0.117. The van der Waals surface area contributed by atoms with Crippen LogP contribution in [0, 0.1) is 0 Å². The Labute approximate surface area is 203 Å². The number of morpholine rings is 1. The van der Waals surface area contributed by atoms with Crippen LogP contribution in [0.25, 0.3) is 16.3 Å². The number of carbonyl (C=O) groups is 1. The van der Waals surface area contributed by atoms with Gasteiger partial charge in [0.2, 0.25) is 0 Å². The second kappa shape index (κ2) is 11.6. The predicted molar refractivity (Wildman–Crippen MR) is 136 cm³/mol. The predicted octanol–water partition coefficient (Wildman–Crippen LogP) is 5.12. The summed E-state index contributed by atoms with van der Waals surface area (Å²) < 4.78 is 12.2. The normalized spacial score (nSPS) is 14.7. The SMILES string of the molecule is CCOc1cccc2sc(N(CCCN3CCOCC3)C(=O)/C=C/c3ccccc3Cl)nc12. The van der Waals surface area contributed by atoms with Crippen molar-refractivity contribution in [1.82, 2.24) is 9.88 Å². The van der Waals surface area contributed by atoms with Gasteiger partial charge in [-0.3, -0.25) is 14.6 Å². The van der Waals surface area contributed by atoms with Crippen LogP contribution in [0.3, 0.4) is 0 Å². The van der Waals surface area contributed by atoms with Crippen LogP contribution in [0.5, 0.6) is 5.75 Å². The molecule has 0 bridgehead atoms. The van der Waals surface area contributed by atoms with E-state index < -0.39 is 0 Å². The number of amides is 1. The van der Waals surface area contributed by atoms with Crippen molar-refractivity contribution in [2.45, 2.75) is 13.3 Å². The first-order chi connectivity index (χ1) is 16.2. The molecule has 0 spiro atoms. The molecule has 174 valence electrons. The third-order valence-corrected chi connectivity index (χ3v) is 6.83. The first kappa shape index (κ1) is 23.7. The molecule has 0 aliphatic carbocycles. The summed E-state index contributed by atoms with van der Waals surface area (Å²) in [5.41, 5.74) is 1.60. The molecular weight excluding hydrogens is 458 g/mol. The number of rotatable bonds is 9. The van der Waals surface area contributed by atoms with Gasteiger partial charge in [0.1, 0.15) is 11.3 Å². The highest BCUT2D eigenvalue weighted by molar-refractivity contribution is 7.22. The number of hydrogen-bond acceptors (Lipinski definition) is 6. The molecule has 0 N–H and O–H groups in total. The first-order valence-electron chi connectivity index (χ1n) is 11.2. The minimum Gasteiger partial charge on any atom is -0.492 e. The standard InChI is InChI=1S/C25H28ClN3O3S/c1-2-32-21-9-5-10-22-24(21)27-25(33-22)29(14-6-13-28-15-17-31-18-16-28)23(30)12-11-19-7-3-4-8-20(19)26/h3-5,7-12H,2,6,13-18H2,1H3/b12-11+. The van der Waals surface area contributed by atoms with Crippen LogP contribution in [0.4, 0.5) is 5.13 Å². The number of ether oxygens (including phenoxy) is 2. The highest BCUT2D eigenvalue weighted by Gasteiger charge is 2.20. The number of para-hydroxylation sites is 1. The van der Waals surface area contributed by atoms with Crippen LogP contribution in [-0.4, -0.2) is 61.8 Å². The maximum atomic E-state index is 13.3. The smallest absolute Gasteiger partial charge is 0.252 e. The van der Waals surface area contributed by atoms with Gasteiger partial charge in [0, 0.05) is 37.3 Å². The van der Waals surface area contributed by atoms with Crippen molar-refractivity contribution in [2.24, 2.45) is 0 Å². The molecule has 6 nitrogen and oxygen atoms in total. The lowest BCUT2D eigenvalue weighted by atomic mass is 10.2. The average molecular weight is 486 g/mol. The van der Waals surface area contributed by atoms with Gasteiger partial charge in [-0.2, -0.15) is 0 Å². The molecule has 0 radical (unpaired) electrons. The number of aromatic nitrogens is 1. The Morgan fingerprint density at radius 1 is 1.24 bits per heavy atom. The van der Waals surface area contributed by atoms with E-state index in [1.165, 1.54) is 11.3 Å². The number of anilines is 1. The van der Waals surface area contributed by atoms with Gasteiger partial charge in [-0.15, -0.1) is 0 Å². The molecule has 1 aromatic heterocycles. The van der Waals surface area contributed by atoms with Gasteiger partial charge in [-0.05, 0) is 43.2 Å². The van der Waals surface area contributed by atoms with Gasteiger partial charge < -0.3 is 9.47 Å². The highest BCUT2D eigenvalue weighted by Crippen LogP contribution is 2.34. The van der Waals surface area contributed by atoms with Crippen LogP contribution in [-0.2, 0) is 9.53 Å². The zero-order chi connectivity index (χ0) is 23.0. The number of halogens is 1. The van der Waals surface area contributed by atoms with Crippen molar-refractivity contribution in [3.05, 3.63) is 59.1 Å². The quantitative estimate of drug-likeness (QED) is 0.394. The first-order valence-corrected chi connectivity index (χ1v) is 12.4. The van der Waals surface area contributed by atoms with E-state index in [9.17, 15) is 4.79 Å². The average Bonchev–Trinajstić information content (AvgIpc) is 3.27. The van der Waals surface area contributed by atoms with Gasteiger partial charge in [0.25, 0.3) is 5.91 Å². The maximum Gasteiger partial charge on any atom is 0.252 e. The monoisotopic (exact) mass is 485 g/mol. The van der Waals surface area contributed by atoms with Gasteiger partial charge in [0.15, 0.2) is 5.13 Å². The van der Waals surface area contributed by atoms with Gasteiger partial charge in [-0.25, -0.2) is 4.98 Å². The molecule has 8 heteroatoms. The number of fused-ring (bicyclic) bond motifs is 1. The van der Waals surface area contributed by atoms with Gasteiger partial charge in [0.05, 0.1) is 24.5 Å². The summed E-state index contributed by atoms with van der Waals surface area (Å²) in [5, 5.41) is 1.29. The summed E-state index contributed by atoms with van der Waals surface area (Å²) in [6.07, 6.45) is 4.18. The number of carbonyl (C=O) groups excluding carboxylic acids is 1. The molecule has 1 saturated heterocycles. The van der Waals surface area contributed by atoms with E-state index in [2.05, 4.69) is 4.90 Å². The molecule has 0 atom stereocenters. The van der Waals surface area contributed by atoms with E-state index in [1.54, 1.807) is 17.1 Å². The van der Waals surface area contributed by atoms with Crippen molar-refractivity contribution in [2.75, 3.05) is 50.9 Å². The molecule has 1 amide bonds. The Hall–Kier alpha value is -2.45. The van der Waals surface area contributed by atoms with E-state index >= 15 is 0 Å². The van der Waals surface area contributed by atoms with Crippen LogP contribution in [0.2, 0.25) is 5.02 Å². The third kappa shape index (κ3) is 6.12. The molecule has 1 fully saturated rings. The number of nitrogens with zero attached hydrogens (tertiary/aromatic N) is 3. The highest BCUT2D eigenvalue weighted by atomic mass is 35.5. The fourth-order valence-electron chi connectivity index (χ4n) is 3.74. The lowest BCUT2D eigenvalue weighted by molar-refractivity contribution is -0.114. The second-order valence-electron chi connectivity index (χ2n) is 7.68. The van der Waals surface area contributed by atoms with E-state index in [0.717, 1.165) is 60.8 Å². The van der Waals surface area contributed by atoms with Crippen molar-refractivity contribution in [3.63, 3.8) is 0 Å². The number of hydrogen-bond donors (Lipinski definition) is 0. The lowest BCUT2D eigenvalue weighted by Crippen LogP contribution is -2.39. The number of thiazole rings is 1. The Kier molecular flexibility index (Phi) is 8.34. The Morgan fingerprint density at radius 2 is 2.06 bits per heavy atom.